The molecule has 0 unspecified atom stereocenters. The van der Waals surface area contributed by atoms with E-state index in [1.54, 1.807) is 11.8 Å². The second-order valence-electron chi connectivity index (χ2n) is 4.33. The molecule has 0 aromatic carbocycles. The molecule has 0 aliphatic carbocycles. The van der Waals surface area contributed by atoms with E-state index in [1.165, 1.54) is 11.0 Å². The molecular weight excluding hydrogens is 236 g/mol. The number of hydrogen-bond acceptors (Lipinski definition) is 5. The van der Waals surface area contributed by atoms with Crippen LogP contribution in [-0.2, 0) is 16.1 Å². The molecule has 0 bridgehead atoms. The molecule has 1 N–H and O–H groups in total. The number of amides is 2. The van der Waals surface area contributed by atoms with Gasteiger partial charge in [0.15, 0.2) is 0 Å². The lowest BCUT2D eigenvalue weighted by molar-refractivity contribution is -0.135. The summed E-state index contributed by atoms with van der Waals surface area (Å²) in [4.78, 5) is 25.4. The van der Waals surface area contributed by atoms with E-state index in [1.807, 2.05) is 0 Å². The summed E-state index contributed by atoms with van der Waals surface area (Å²) in [6.07, 6.45) is 3.43. The van der Waals surface area contributed by atoms with E-state index in [9.17, 15) is 9.59 Å². The number of likely N-dealkylation sites (tertiary alicyclic amines) is 1. The van der Waals surface area contributed by atoms with E-state index in [2.05, 4.69) is 20.8 Å². The molecule has 2 amide bonds. The first-order chi connectivity index (χ1) is 8.66. The molecule has 18 heavy (non-hydrogen) atoms. The Morgan fingerprint density at radius 2 is 2.11 bits per heavy atom. The Bertz CT molecular complexity index is 412. The van der Waals surface area contributed by atoms with Crippen molar-refractivity contribution in [1.29, 1.82) is 0 Å². The van der Waals surface area contributed by atoms with Crippen LogP contribution in [0.3, 0.4) is 0 Å². The summed E-state index contributed by atoms with van der Waals surface area (Å²) in [5.74, 6) is -0.306. The minimum atomic E-state index is -0.507. The zero-order valence-corrected chi connectivity index (χ0v) is 10.2. The van der Waals surface area contributed by atoms with Gasteiger partial charge >= 0.3 is 0 Å². The van der Waals surface area contributed by atoms with Gasteiger partial charge in [0.2, 0.25) is 11.8 Å². The fourth-order valence-electron chi connectivity index (χ4n) is 1.96. The van der Waals surface area contributed by atoms with Gasteiger partial charge in [0.1, 0.15) is 18.9 Å². The predicted molar refractivity (Wildman–Crippen MR) is 61.2 cm³/mol. The summed E-state index contributed by atoms with van der Waals surface area (Å²) in [5.41, 5.74) is 0. The van der Waals surface area contributed by atoms with Gasteiger partial charge in [-0.05, 0) is 30.2 Å². The van der Waals surface area contributed by atoms with Gasteiger partial charge in [-0.2, -0.15) is 0 Å². The number of nitrogens with zero attached hydrogens (tertiary/aromatic N) is 5. The van der Waals surface area contributed by atoms with Crippen LogP contribution in [0.2, 0.25) is 0 Å². The predicted octanol–water partition coefficient (Wildman–Crippen LogP) is -1.20. The third kappa shape index (κ3) is 3.02. The van der Waals surface area contributed by atoms with Crippen molar-refractivity contribution in [3.05, 3.63) is 6.33 Å². The van der Waals surface area contributed by atoms with Gasteiger partial charge in [0.05, 0.1) is 0 Å². The molecule has 1 aromatic rings. The van der Waals surface area contributed by atoms with Crippen LogP contribution in [0.15, 0.2) is 6.33 Å². The van der Waals surface area contributed by atoms with Crippen molar-refractivity contribution in [3.63, 3.8) is 0 Å². The first kappa shape index (κ1) is 12.5. The maximum atomic E-state index is 11.9. The number of hydrogen-bond donors (Lipinski definition) is 1. The van der Waals surface area contributed by atoms with Crippen LogP contribution in [0, 0.1) is 0 Å². The molecule has 0 saturated carbocycles. The van der Waals surface area contributed by atoms with Crippen LogP contribution in [0.25, 0.3) is 0 Å². The second kappa shape index (κ2) is 5.56. The zero-order chi connectivity index (χ0) is 13.0. The molecule has 0 spiro atoms. The van der Waals surface area contributed by atoms with Crippen LogP contribution in [0.5, 0.6) is 0 Å². The van der Waals surface area contributed by atoms with Crippen molar-refractivity contribution in [2.45, 2.75) is 32.4 Å². The van der Waals surface area contributed by atoms with Crippen molar-refractivity contribution in [2.24, 2.45) is 0 Å². The van der Waals surface area contributed by atoms with Crippen molar-refractivity contribution < 1.29 is 9.59 Å². The maximum Gasteiger partial charge on any atom is 0.244 e. The van der Waals surface area contributed by atoms with Crippen LogP contribution in [0.4, 0.5) is 0 Å². The van der Waals surface area contributed by atoms with E-state index < -0.39 is 6.04 Å². The highest BCUT2D eigenvalue weighted by Crippen LogP contribution is 2.08. The summed E-state index contributed by atoms with van der Waals surface area (Å²) >= 11 is 0. The molecule has 1 aliphatic heterocycles. The number of nitrogens with one attached hydrogen (secondary N) is 1. The van der Waals surface area contributed by atoms with Crippen LogP contribution in [0.1, 0.15) is 19.8 Å². The van der Waals surface area contributed by atoms with E-state index in [0.29, 0.717) is 0 Å². The maximum absolute atomic E-state index is 11.9. The SMILES string of the molecule is C[C@H](NC(=O)Cn1cnnn1)C(=O)N1CCCC1. The molecule has 8 heteroatoms. The summed E-state index contributed by atoms with van der Waals surface area (Å²) in [6, 6.07) is -0.507. The van der Waals surface area contributed by atoms with Gasteiger partial charge < -0.3 is 10.2 Å². The molecule has 1 aliphatic rings. The lowest BCUT2D eigenvalue weighted by Gasteiger charge is -2.20. The highest BCUT2D eigenvalue weighted by Gasteiger charge is 2.24. The largest absolute Gasteiger partial charge is 0.343 e. The van der Waals surface area contributed by atoms with Crippen molar-refractivity contribution in [2.75, 3.05) is 13.1 Å². The number of rotatable bonds is 4. The minimum Gasteiger partial charge on any atom is -0.343 e. The molecule has 1 aromatic heterocycles. The van der Waals surface area contributed by atoms with Gasteiger partial charge in [0, 0.05) is 13.1 Å². The Morgan fingerprint density at radius 3 is 2.72 bits per heavy atom. The molecule has 1 saturated heterocycles. The zero-order valence-electron chi connectivity index (χ0n) is 10.2. The third-order valence-corrected chi connectivity index (χ3v) is 2.86. The molecule has 1 atom stereocenters. The summed E-state index contributed by atoms with van der Waals surface area (Å²) < 4.78 is 1.31. The Kier molecular flexibility index (Phi) is 3.85. The number of carbonyl (C=O) groups excluding carboxylic acids is 2. The van der Waals surface area contributed by atoms with Crippen molar-refractivity contribution in [1.82, 2.24) is 30.4 Å². The Morgan fingerprint density at radius 1 is 1.39 bits per heavy atom. The fraction of sp³-hybridized carbons (Fsp3) is 0.700. The first-order valence-electron chi connectivity index (χ1n) is 5.96. The summed E-state index contributed by atoms with van der Waals surface area (Å²) in [5, 5.41) is 13.1. The average Bonchev–Trinajstić information content (AvgIpc) is 2.99. The van der Waals surface area contributed by atoms with Gasteiger partial charge in [-0.3, -0.25) is 9.59 Å². The Hall–Kier alpha value is -1.99. The van der Waals surface area contributed by atoms with Crippen molar-refractivity contribution >= 4 is 11.8 Å². The average molecular weight is 252 g/mol. The highest BCUT2D eigenvalue weighted by atomic mass is 16.2. The second-order valence-corrected chi connectivity index (χ2v) is 4.33. The minimum absolute atomic E-state index is 0.0185. The third-order valence-electron chi connectivity index (χ3n) is 2.86. The quantitative estimate of drug-likeness (QED) is 0.726. The number of aromatic nitrogens is 4. The van der Waals surface area contributed by atoms with Crippen molar-refractivity contribution in [3.8, 4) is 0 Å². The van der Waals surface area contributed by atoms with E-state index in [4.69, 9.17) is 0 Å². The van der Waals surface area contributed by atoms with Crippen LogP contribution >= 0.6 is 0 Å². The van der Waals surface area contributed by atoms with Gasteiger partial charge in [0.25, 0.3) is 0 Å². The van der Waals surface area contributed by atoms with Gasteiger partial charge in [-0.15, -0.1) is 5.10 Å². The highest BCUT2D eigenvalue weighted by molar-refractivity contribution is 5.87. The molecule has 2 rings (SSSR count). The lowest BCUT2D eigenvalue weighted by Crippen LogP contribution is -2.46. The van der Waals surface area contributed by atoms with E-state index in [0.717, 1.165) is 25.9 Å². The monoisotopic (exact) mass is 252 g/mol. The molecule has 2 heterocycles. The summed E-state index contributed by atoms with van der Waals surface area (Å²) in [7, 11) is 0. The smallest absolute Gasteiger partial charge is 0.244 e. The standard InChI is InChI=1S/C10H16N6O2/c1-8(10(18)15-4-2-3-5-15)12-9(17)6-16-7-11-13-14-16/h7-8H,2-6H2,1H3,(H,12,17)/t8-/m0/s1. The molecular formula is C10H16N6O2. The summed E-state index contributed by atoms with van der Waals surface area (Å²) in [6.45, 7) is 3.28. The van der Waals surface area contributed by atoms with Crippen LogP contribution in [-0.4, -0.2) is 56.1 Å². The number of carbonyl (C=O) groups is 2. The Labute approximate surface area is 104 Å². The number of tetrazole rings is 1. The van der Waals surface area contributed by atoms with E-state index >= 15 is 0 Å². The topological polar surface area (TPSA) is 93.0 Å². The first-order valence-corrected chi connectivity index (χ1v) is 5.96. The molecule has 1 fully saturated rings. The van der Waals surface area contributed by atoms with Gasteiger partial charge in [-0.1, -0.05) is 0 Å². The molecule has 0 radical (unpaired) electrons. The van der Waals surface area contributed by atoms with Crippen LogP contribution < -0.4 is 5.32 Å². The fourth-order valence-corrected chi connectivity index (χ4v) is 1.96. The molecule has 8 nitrogen and oxygen atoms in total. The normalized spacial score (nSPS) is 16.6. The molecule has 98 valence electrons. The Balaban J connectivity index is 1.81. The lowest BCUT2D eigenvalue weighted by atomic mass is 10.3. The van der Waals surface area contributed by atoms with E-state index in [-0.39, 0.29) is 18.4 Å². The van der Waals surface area contributed by atoms with Gasteiger partial charge in [-0.25, -0.2) is 4.68 Å².